The van der Waals surface area contributed by atoms with Gasteiger partial charge in [-0.25, -0.2) is 0 Å². The van der Waals surface area contributed by atoms with E-state index in [-0.39, 0.29) is 0 Å². The van der Waals surface area contributed by atoms with Crippen LogP contribution in [0.1, 0.15) is 22.3 Å². The Kier molecular flexibility index (Phi) is 8.79. The summed E-state index contributed by atoms with van der Waals surface area (Å²) < 4.78 is 0. The molecule has 0 fully saturated rings. The van der Waals surface area contributed by atoms with Crippen molar-refractivity contribution in [2.45, 2.75) is 5.41 Å². The van der Waals surface area contributed by atoms with Crippen molar-refractivity contribution in [2.24, 2.45) is 0 Å². The summed E-state index contributed by atoms with van der Waals surface area (Å²) in [5.74, 6) is 0. The fourth-order valence-corrected chi connectivity index (χ4v) is 9.59. The molecule has 0 aromatic heterocycles. The zero-order valence-corrected chi connectivity index (χ0v) is 33.1. The Morgan fingerprint density at radius 2 is 0.683 bits per heavy atom. The molecule has 0 saturated heterocycles. The van der Waals surface area contributed by atoms with Gasteiger partial charge in [0, 0.05) is 17.1 Å². The Balaban J connectivity index is 0.962. The maximum Gasteiger partial charge on any atom is 0.0713 e. The van der Waals surface area contributed by atoms with Crippen LogP contribution in [0.3, 0.4) is 0 Å². The van der Waals surface area contributed by atoms with Crippen molar-refractivity contribution in [3.8, 4) is 44.5 Å². The lowest BCUT2D eigenvalue weighted by Gasteiger charge is -2.34. The Morgan fingerprint density at radius 3 is 1.27 bits per heavy atom. The molecule has 1 nitrogen and oxygen atoms in total. The fraction of sp³-hybridized carbons (Fsp3) is 0.0169. The first-order chi connectivity index (χ1) is 29.8. The van der Waals surface area contributed by atoms with E-state index < -0.39 is 5.41 Å². The lowest BCUT2D eigenvalue weighted by molar-refractivity contribution is 0.768. The zero-order chi connectivity index (χ0) is 39.9. The number of rotatable bonds is 8. The molecular formula is C59H41N. The molecule has 0 unspecified atom stereocenters. The minimum absolute atomic E-state index is 0.431. The summed E-state index contributed by atoms with van der Waals surface area (Å²) in [6, 6.07) is 90.8. The van der Waals surface area contributed by atoms with E-state index in [1.54, 1.807) is 0 Å². The second kappa shape index (κ2) is 14.9. The Labute approximate surface area is 352 Å². The molecule has 0 N–H and O–H groups in total. The van der Waals surface area contributed by atoms with E-state index in [1.807, 2.05) is 0 Å². The van der Waals surface area contributed by atoms with E-state index in [1.165, 1.54) is 77.5 Å². The molecule has 1 heteroatoms. The van der Waals surface area contributed by atoms with Gasteiger partial charge in [0.1, 0.15) is 0 Å². The maximum absolute atomic E-state index is 2.35. The SMILES string of the molecule is c1ccc(-c2ccc3cc(-c4ccc(N(c5ccccc5)c5ccc(-c6cccc7c6-c6ccccc6C7(c6ccccc6)c6ccccc6)cc5)cc4)ccc3c2)cc1. The van der Waals surface area contributed by atoms with Gasteiger partial charge < -0.3 is 4.90 Å². The highest BCUT2D eigenvalue weighted by molar-refractivity contribution is 5.96. The lowest BCUT2D eigenvalue weighted by Crippen LogP contribution is -2.28. The van der Waals surface area contributed by atoms with Crippen molar-refractivity contribution in [1.82, 2.24) is 0 Å². The van der Waals surface area contributed by atoms with Crippen LogP contribution in [0.4, 0.5) is 17.1 Å². The monoisotopic (exact) mass is 763 g/mol. The molecule has 1 aliphatic rings. The van der Waals surface area contributed by atoms with Gasteiger partial charge in [-0.05, 0) is 126 Å². The summed E-state index contributed by atoms with van der Waals surface area (Å²) in [4.78, 5) is 2.35. The number of anilines is 3. The highest BCUT2D eigenvalue weighted by Gasteiger charge is 2.46. The molecule has 282 valence electrons. The van der Waals surface area contributed by atoms with Crippen LogP contribution in [-0.2, 0) is 5.41 Å². The molecule has 0 atom stereocenters. The number of hydrogen-bond acceptors (Lipinski definition) is 1. The largest absolute Gasteiger partial charge is 0.311 e. The van der Waals surface area contributed by atoms with Crippen LogP contribution in [0.25, 0.3) is 55.3 Å². The van der Waals surface area contributed by atoms with Crippen LogP contribution >= 0.6 is 0 Å². The molecule has 0 spiro atoms. The van der Waals surface area contributed by atoms with E-state index in [9.17, 15) is 0 Å². The van der Waals surface area contributed by atoms with Gasteiger partial charge in [0.15, 0.2) is 0 Å². The molecule has 0 aliphatic heterocycles. The summed E-state index contributed by atoms with van der Waals surface area (Å²) in [6.07, 6.45) is 0. The standard InChI is InChI=1S/C59H41N/c1-5-16-42(17-6-1)45-28-30-48-41-46(29-31-47(48)40-45)43-32-36-52(37-33-43)60(51-22-11-4-12-23-51)53-38-34-44(35-39-53)54-25-15-27-57-58(54)55-24-13-14-26-56(55)59(57,49-18-7-2-8-19-49)50-20-9-3-10-21-50/h1-41H. The first-order valence-electron chi connectivity index (χ1n) is 20.8. The quantitative estimate of drug-likeness (QED) is 0.149. The molecule has 10 aromatic rings. The van der Waals surface area contributed by atoms with Crippen molar-refractivity contribution in [3.63, 3.8) is 0 Å². The van der Waals surface area contributed by atoms with Gasteiger partial charge in [-0.1, -0.05) is 200 Å². The molecule has 60 heavy (non-hydrogen) atoms. The second-order valence-corrected chi connectivity index (χ2v) is 15.7. The summed E-state index contributed by atoms with van der Waals surface area (Å²) >= 11 is 0. The zero-order valence-electron chi connectivity index (χ0n) is 33.1. The normalized spacial score (nSPS) is 12.5. The summed E-state index contributed by atoms with van der Waals surface area (Å²) in [6.45, 7) is 0. The van der Waals surface area contributed by atoms with E-state index in [4.69, 9.17) is 0 Å². The molecule has 1 aliphatic carbocycles. The predicted molar refractivity (Wildman–Crippen MR) is 252 cm³/mol. The summed E-state index contributed by atoms with van der Waals surface area (Å²) in [5, 5.41) is 2.48. The van der Waals surface area contributed by atoms with Crippen molar-refractivity contribution in [2.75, 3.05) is 4.90 Å². The first kappa shape index (κ1) is 35.4. The maximum atomic E-state index is 2.35. The first-order valence-corrected chi connectivity index (χ1v) is 20.8. The van der Waals surface area contributed by atoms with Crippen molar-refractivity contribution in [1.29, 1.82) is 0 Å². The molecule has 0 radical (unpaired) electrons. The van der Waals surface area contributed by atoms with Gasteiger partial charge in [0.2, 0.25) is 0 Å². The van der Waals surface area contributed by atoms with Gasteiger partial charge in [-0.3, -0.25) is 0 Å². The Bertz CT molecular complexity index is 3060. The second-order valence-electron chi connectivity index (χ2n) is 15.7. The Morgan fingerprint density at radius 1 is 0.267 bits per heavy atom. The average molecular weight is 764 g/mol. The predicted octanol–water partition coefficient (Wildman–Crippen LogP) is 15.7. The van der Waals surface area contributed by atoms with E-state index in [0.29, 0.717) is 0 Å². The van der Waals surface area contributed by atoms with Crippen molar-refractivity contribution in [3.05, 3.63) is 271 Å². The number of benzene rings is 10. The van der Waals surface area contributed by atoms with Gasteiger partial charge in [0.25, 0.3) is 0 Å². The van der Waals surface area contributed by atoms with E-state index in [0.717, 1.165) is 17.1 Å². The van der Waals surface area contributed by atoms with Gasteiger partial charge in [-0.15, -0.1) is 0 Å². The molecule has 11 rings (SSSR count). The minimum Gasteiger partial charge on any atom is -0.311 e. The van der Waals surface area contributed by atoms with Crippen LogP contribution in [0.2, 0.25) is 0 Å². The van der Waals surface area contributed by atoms with Gasteiger partial charge >= 0.3 is 0 Å². The average Bonchev–Trinajstić information content (AvgIpc) is 3.64. The molecule has 0 saturated carbocycles. The van der Waals surface area contributed by atoms with Crippen LogP contribution in [0, 0.1) is 0 Å². The topological polar surface area (TPSA) is 3.24 Å². The fourth-order valence-electron chi connectivity index (χ4n) is 9.59. The van der Waals surface area contributed by atoms with E-state index >= 15 is 0 Å². The van der Waals surface area contributed by atoms with Crippen molar-refractivity contribution < 1.29 is 0 Å². The molecule has 10 aromatic carbocycles. The minimum atomic E-state index is -0.431. The molecule has 0 amide bonds. The van der Waals surface area contributed by atoms with Crippen LogP contribution < -0.4 is 4.90 Å². The number of nitrogens with zero attached hydrogens (tertiary/aromatic N) is 1. The Hall–Kier alpha value is -7.74. The van der Waals surface area contributed by atoms with Crippen LogP contribution in [0.5, 0.6) is 0 Å². The number of para-hydroxylation sites is 1. The van der Waals surface area contributed by atoms with Crippen molar-refractivity contribution >= 4 is 27.8 Å². The molecule has 0 heterocycles. The number of hydrogen-bond donors (Lipinski definition) is 0. The van der Waals surface area contributed by atoms with E-state index in [2.05, 4.69) is 254 Å². The van der Waals surface area contributed by atoms with Crippen LogP contribution in [-0.4, -0.2) is 0 Å². The number of fused-ring (bicyclic) bond motifs is 4. The highest BCUT2D eigenvalue weighted by Crippen LogP contribution is 2.58. The highest BCUT2D eigenvalue weighted by atomic mass is 15.1. The van der Waals surface area contributed by atoms with Gasteiger partial charge in [-0.2, -0.15) is 0 Å². The molecule has 0 bridgehead atoms. The third-order valence-electron chi connectivity index (χ3n) is 12.3. The third kappa shape index (κ3) is 5.94. The van der Waals surface area contributed by atoms with Crippen LogP contribution in [0.15, 0.2) is 249 Å². The molecular weight excluding hydrogens is 723 g/mol. The summed E-state index contributed by atoms with van der Waals surface area (Å²) in [5.41, 5.74) is 18.0. The summed E-state index contributed by atoms with van der Waals surface area (Å²) in [7, 11) is 0. The third-order valence-corrected chi connectivity index (χ3v) is 12.3. The lowest BCUT2D eigenvalue weighted by atomic mass is 9.67. The smallest absolute Gasteiger partial charge is 0.0713 e. The van der Waals surface area contributed by atoms with Gasteiger partial charge in [0.05, 0.1) is 5.41 Å².